The summed E-state index contributed by atoms with van der Waals surface area (Å²) in [5, 5.41) is 11.5. The van der Waals surface area contributed by atoms with Gasteiger partial charge in [0, 0.05) is 12.1 Å². The van der Waals surface area contributed by atoms with Gasteiger partial charge in [-0.1, -0.05) is 0 Å². The Labute approximate surface area is 98.1 Å². The number of carbonyl (C=O) groups is 2. The summed E-state index contributed by atoms with van der Waals surface area (Å²) in [5.41, 5.74) is 5.62. The van der Waals surface area contributed by atoms with E-state index in [9.17, 15) is 9.59 Å². The minimum Gasteiger partial charge on any atom is -0.382 e. The molecular formula is C10H15N5O2. The van der Waals surface area contributed by atoms with E-state index < -0.39 is 11.9 Å². The molecule has 1 heterocycles. The van der Waals surface area contributed by atoms with Crippen molar-refractivity contribution in [2.75, 3.05) is 5.73 Å². The van der Waals surface area contributed by atoms with E-state index >= 15 is 0 Å². The number of anilines is 1. The highest BCUT2D eigenvalue weighted by Gasteiger charge is 2.26. The fourth-order valence-electron chi connectivity index (χ4n) is 1.35. The van der Waals surface area contributed by atoms with Crippen LogP contribution < -0.4 is 16.4 Å². The number of hydrogen-bond donors (Lipinski definition) is 4. The average molecular weight is 237 g/mol. The highest BCUT2D eigenvalue weighted by atomic mass is 16.2. The fourth-order valence-corrected chi connectivity index (χ4v) is 1.35. The lowest BCUT2D eigenvalue weighted by atomic mass is 10.3. The van der Waals surface area contributed by atoms with Crippen molar-refractivity contribution in [2.45, 2.75) is 31.8 Å². The fraction of sp³-hybridized carbons (Fsp3) is 0.500. The molecule has 7 heteroatoms. The zero-order valence-electron chi connectivity index (χ0n) is 9.49. The molecular weight excluding hydrogens is 222 g/mol. The Balaban J connectivity index is 1.86. The number of aromatic amines is 1. The Bertz CT molecular complexity index is 438. The summed E-state index contributed by atoms with van der Waals surface area (Å²) >= 11 is 0. The van der Waals surface area contributed by atoms with Crippen molar-refractivity contribution < 1.29 is 9.59 Å². The van der Waals surface area contributed by atoms with Crippen LogP contribution in [0.25, 0.3) is 0 Å². The first-order valence-corrected chi connectivity index (χ1v) is 5.48. The maximum Gasteiger partial charge on any atom is 0.270 e. The van der Waals surface area contributed by atoms with Gasteiger partial charge in [0.1, 0.15) is 17.6 Å². The molecule has 5 N–H and O–H groups in total. The number of carbonyl (C=O) groups excluding carboxylic acids is 2. The van der Waals surface area contributed by atoms with Gasteiger partial charge in [0.15, 0.2) is 0 Å². The first kappa shape index (κ1) is 11.4. The Morgan fingerprint density at radius 3 is 2.82 bits per heavy atom. The minimum absolute atomic E-state index is 0.173. The summed E-state index contributed by atoms with van der Waals surface area (Å²) in [6.07, 6.45) is 2.03. The maximum absolute atomic E-state index is 11.7. The molecule has 0 aromatic carbocycles. The molecule has 1 atom stereocenters. The van der Waals surface area contributed by atoms with Gasteiger partial charge in [-0.25, -0.2) is 0 Å². The quantitative estimate of drug-likeness (QED) is 0.559. The van der Waals surface area contributed by atoms with Crippen LogP contribution in [0.15, 0.2) is 6.07 Å². The van der Waals surface area contributed by atoms with Crippen LogP contribution in [-0.2, 0) is 4.79 Å². The second kappa shape index (κ2) is 4.44. The topological polar surface area (TPSA) is 113 Å². The third kappa shape index (κ3) is 2.96. The van der Waals surface area contributed by atoms with Gasteiger partial charge >= 0.3 is 0 Å². The number of H-pyrrole nitrogens is 1. The molecule has 2 amide bonds. The smallest absolute Gasteiger partial charge is 0.270 e. The van der Waals surface area contributed by atoms with Crippen molar-refractivity contribution in [3.63, 3.8) is 0 Å². The standard InChI is InChI=1S/C10H15N5O2/c1-5(9(16)13-6-2-3-6)12-10(17)7-4-8(11)15-14-7/h4-6H,2-3H2,1H3,(H,12,17)(H,13,16)(H3,11,14,15). The summed E-state index contributed by atoms with van der Waals surface area (Å²) in [7, 11) is 0. The molecule has 7 nitrogen and oxygen atoms in total. The summed E-state index contributed by atoms with van der Waals surface area (Å²) in [5.74, 6) is -0.328. The van der Waals surface area contributed by atoms with Crippen LogP contribution in [0.3, 0.4) is 0 Å². The maximum atomic E-state index is 11.7. The summed E-state index contributed by atoms with van der Waals surface area (Å²) in [6, 6.07) is 1.12. The molecule has 0 spiro atoms. The molecule has 1 aliphatic carbocycles. The van der Waals surface area contributed by atoms with Crippen molar-refractivity contribution in [3.8, 4) is 0 Å². The number of nitrogens with one attached hydrogen (secondary N) is 3. The summed E-state index contributed by atoms with van der Waals surface area (Å²) in [6.45, 7) is 1.63. The van der Waals surface area contributed by atoms with Crippen molar-refractivity contribution >= 4 is 17.6 Å². The molecule has 0 bridgehead atoms. The van der Waals surface area contributed by atoms with Gasteiger partial charge in [-0.3, -0.25) is 14.7 Å². The Morgan fingerprint density at radius 1 is 1.59 bits per heavy atom. The second-order valence-corrected chi connectivity index (χ2v) is 4.18. The van der Waals surface area contributed by atoms with E-state index in [0.29, 0.717) is 0 Å². The van der Waals surface area contributed by atoms with E-state index in [1.807, 2.05) is 0 Å². The molecule has 1 aromatic heterocycles. The van der Waals surface area contributed by atoms with Crippen LogP contribution in [0, 0.1) is 0 Å². The first-order valence-electron chi connectivity index (χ1n) is 5.48. The lowest BCUT2D eigenvalue weighted by Crippen LogP contribution is -2.45. The lowest BCUT2D eigenvalue weighted by Gasteiger charge is -2.12. The van der Waals surface area contributed by atoms with Gasteiger partial charge in [-0.05, 0) is 19.8 Å². The Kier molecular flexibility index (Phi) is 2.99. The zero-order valence-corrected chi connectivity index (χ0v) is 9.49. The van der Waals surface area contributed by atoms with Gasteiger partial charge in [0.2, 0.25) is 5.91 Å². The number of rotatable bonds is 4. The Hall–Kier alpha value is -2.05. The van der Waals surface area contributed by atoms with E-state index in [1.165, 1.54) is 6.07 Å². The number of nitrogens with zero attached hydrogens (tertiary/aromatic N) is 1. The van der Waals surface area contributed by atoms with E-state index in [4.69, 9.17) is 5.73 Å². The van der Waals surface area contributed by atoms with Crippen LogP contribution in [0.4, 0.5) is 5.82 Å². The molecule has 92 valence electrons. The number of nitrogen functional groups attached to an aromatic ring is 1. The lowest BCUT2D eigenvalue weighted by molar-refractivity contribution is -0.122. The predicted octanol–water partition coefficient (Wildman–Crippen LogP) is -0.611. The summed E-state index contributed by atoms with van der Waals surface area (Å²) < 4.78 is 0. The number of nitrogens with two attached hydrogens (primary N) is 1. The third-order valence-corrected chi connectivity index (χ3v) is 2.51. The first-order chi connectivity index (χ1) is 8.06. The van der Waals surface area contributed by atoms with Crippen molar-refractivity contribution in [1.82, 2.24) is 20.8 Å². The minimum atomic E-state index is -0.576. The molecule has 1 aromatic rings. The molecule has 0 saturated heterocycles. The van der Waals surface area contributed by atoms with E-state index in [0.717, 1.165) is 12.8 Å². The van der Waals surface area contributed by atoms with Crippen LogP contribution in [0.2, 0.25) is 0 Å². The molecule has 0 aliphatic heterocycles. The highest BCUT2D eigenvalue weighted by molar-refractivity contribution is 5.96. The third-order valence-electron chi connectivity index (χ3n) is 2.51. The molecule has 2 rings (SSSR count). The van der Waals surface area contributed by atoms with Gasteiger partial charge in [0.05, 0.1) is 0 Å². The molecule has 1 fully saturated rings. The number of hydrogen-bond acceptors (Lipinski definition) is 4. The van der Waals surface area contributed by atoms with E-state index in [-0.39, 0.29) is 23.5 Å². The van der Waals surface area contributed by atoms with Crippen LogP contribution >= 0.6 is 0 Å². The van der Waals surface area contributed by atoms with Gasteiger partial charge < -0.3 is 16.4 Å². The van der Waals surface area contributed by atoms with Crippen LogP contribution in [0.1, 0.15) is 30.3 Å². The molecule has 17 heavy (non-hydrogen) atoms. The second-order valence-electron chi connectivity index (χ2n) is 4.18. The number of aromatic nitrogens is 2. The number of amides is 2. The molecule has 1 saturated carbocycles. The monoisotopic (exact) mass is 237 g/mol. The van der Waals surface area contributed by atoms with Crippen molar-refractivity contribution in [1.29, 1.82) is 0 Å². The average Bonchev–Trinajstić information content (AvgIpc) is 2.97. The van der Waals surface area contributed by atoms with Gasteiger partial charge in [0.25, 0.3) is 5.91 Å². The predicted molar refractivity (Wildman–Crippen MR) is 61.1 cm³/mol. The normalized spacial score (nSPS) is 16.3. The van der Waals surface area contributed by atoms with Crippen LogP contribution in [0.5, 0.6) is 0 Å². The SMILES string of the molecule is CC(NC(=O)c1cc(N)n[nH]1)C(=O)NC1CC1. The molecule has 1 unspecified atom stereocenters. The molecule has 0 radical (unpaired) electrons. The van der Waals surface area contributed by atoms with Crippen molar-refractivity contribution in [3.05, 3.63) is 11.8 Å². The van der Waals surface area contributed by atoms with Gasteiger partial charge in [-0.2, -0.15) is 5.10 Å². The van der Waals surface area contributed by atoms with Crippen LogP contribution in [-0.4, -0.2) is 34.1 Å². The van der Waals surface area contributed by atoms with E-state index in [1.54, 1.807) is 6.92 Å². The molecule has 1 aliphatic rings. The highest BCUT2D eigenvalue weighted by Crippen LogP contribution is 2.18. The Morgan fingerprint density at radius 2 is 2.29 bits per heavy atom. The van der Waals surface area contributed by atoms with Crippen molar-refractivity contribution in [2.24, 2.45) is 0 Å². The summed E-state index contributed by atoms with van der Waals surface area (Å²) in [4.78, 5) is 23.2. The van der Waals surface area contributed by atoms with Gasteiger partial charge in [-0.15, -0.1) is 0 Å². The zero-order chi connectivity index (χ0) is 12.4. The van der Waals surface area contributed by atoms with E-state index in [2.05, 4.69) is 20.8 Å². The largest absolute Gasteiger partial charge is 0.382 e.